The zero-order chi connectivity index (χ0) is 12.8. The van der Waals surface area contributed by atoms with Crippen molar-refractivity contribution in [1.82, 2.24) is 4.90 Å². The molecular formula is C15H22N2O. The number of piperidine rings is 1. The number of rotatable bonds is 4. The van der Waals surface area contributed by atoms with E-state index in [0.29, 0.717) is 13.0 Å². The molecule has 3 heteroatoms. The van der Waals surface area contributed by atoms with Crippen molar-refractivity contribution in [2.45, 2.75) is 38.1 Å². The fourth-order valence-electron chi connectivity index (χ4n) is 2.61. The number of nitrogens with zero attached hydrogens (tertiary/aromatic N) is 1. The van der Waals surface area contributed by atoms with Crippen LogP contribution in [-0.4, -0.2) is 29.9 Å². The van der Waals surface area contributed by atoms with Crippen LogP contribution in [0.3, 0.4) is 0 Å². The summed E-state index contributed by atoms with van der Waals surface area (Å²) in [5.41, 5.74) is 6.97. The van der Waals surface area contributed by atoms with Gasteiger partial charge in [0.25, 0.3) is 0 Å². The monoisotopic (exact) mass is 246 g/mol. The molecule has 1 aliphatic rings. The lowest BCUT2D eigenvalue weighted by Crippen LogP contribution is -2.47. The van der Waals surface area contributed by atoms with Gasteiger partial charge >= 0.3 is 0 Å². The average molecular weight is 246 g/mol. The first-order valence-corrected chi connectivity index (χ1v) is 6.84. The Labute approximate surface area is 109 Å². The SMILES string of the molecule is NCC1CCCCN1C(=O)CCc1ccccc1. The molecule has 2 N–H and O–H groups in total. The maximum atomic E-state index is 12.2. The third-order valence-corrected chi connectivity index (χ3v) is 3.69. The number of amides is 1. The molecule has 0 aromatic heterocycles. The van der Waals surface area contributed by atoms with Crippen LogP contribution in [0.4, 0.5) is 0 Å². The van der Waals surface area contributed by atoms with Gasteiger partial charge in [0.2, 0.25) is 5.91 Å². The lowest BCUT2D eigenvalue weighted by Gasteiger charge is -2.35. The lowest BCUT2D eigenvalue weighted by atomic mass is 10.0. The van der Waals surface area contributed by atoms with Crippen LogP contribution in [0.25, 0.3) is 0 Å². The van der Waals surface area contributed by atoms with E-state index < -0.39 is 0 Å². The van der Waals surface area contributed by atoms with Crippen molar-refractivity contribution in [3.63, 3.8) is 0 Å². The van der Waals surface area contributed by atoms with Crippen molar-refractivity contribution in [3.05, 3.63) is 35.9 Å². The van der Waals surface area contributed by atoms with Crippen molar-refractivity contribution in [1.29, 1.82) is 0 Å². The van der Waals surface area contributed by atoms with E-state index in [4.69, 9.17) is 5.73 Å². The molecule has 0 bridgehead atoms. The molecule has 1 aliphatic heterocycles. The minimum absolute atomic E-state index is 0.258. The van der Waals surface area contributed by atoms with Crippen LogP contribution in [-0.2, 0) is 11.2 Å². The molecule has 0 radical (unpaired) electrons. The first-order chi connectivity index (χ1) is 8.81. The molecule has 1 atom stereocenters. The largest absolute Gasteiger partial charge is 0.338 e. The van der Waals surface area contributed by atoms with Gasteiger partial charge in [-0.15, -0.1) is 0 Å². The van der Waals surface area contributed by atoms with Gasteiger partial charge in [-0.25, -0.2) is 0 Å². The maximum Gasteiger partial charge on any atom is 0.223 e. The van der Waals surface area contributed by atoms with Crippen molar-refractivity contribution in [2.24, 2.45) is 5.73 Å². The summed E-state index contributed by atoms with van der Waals surface area (Å²) < 4.78 is 0. The molecule has 1 amide bonds. The third kappa shape index (κ3) is 3.33. The summed E-state index contributed by atoms with van der Waals surface area (Å²) in [6, 6.07) is 10.4. The Balaban J connectivity index is 1.87. The molecule has 1 aromatic carbocycles. The molecule has 1 fully saturated rings. The number of likely N-dealkylation sites (tertiary alicyclic amines) is 1. The highest BCUT2D eigenvalue weighted by Crippen LogP contribution is 2.17. The second-order valence-corrected chi connectivity index (χ2v) is 4.96. The summed E-state index contributed by atoms with van der Waals surface area (Å²) in [5, 5.41) is 0. The molecule has 1 heterocycles. The molecule has 0 aliphatic carbocycles. The number of carbonyl (C=O) groups excluding carboxylic acids is 1. The number of nitrogens with two attached hydrogens (primary N) is 1. The summed E-state index contributed by atoms with van der Waals surface area (Å²) in [6.07, 6.45) is 4.81. The minimum Gasteiger partial charge on any atom is -0.338 e. The zero-order valence-electron chi connectivity index (χ0n) is 10.8. The highest BCUT2D eigenvalue weighted by molar-refractivity contribution is 5.77. The first kappa shape index (κ1) is 13.1. The number of hydrogen-bond donors (Lipinski definition) is 1. The predicted octanol–water partition coefficient (Wildman–Crippen LogP) is 1.96. The normalized spacial score (nSPS) is 19.8. The number of carbonyl (C=O) groups is 1. The minimum atomic E-state index is 0.258. The van der Waals surface area contributed by atoms with Gasteiger partial charge in [0.05, 0.1) is 0 Å². The molecule has 0 saturated carbocycles. The van der Waals surface area contributed by atoms with Gasteiger partial charge < -0.3 is 10.6 Å². The van der Waals surface area contributed by atoms with Gasteiger partial charge in [-0.3, -0.25) is 4.79 Å². The van der Waals surface area contributed by atoms with E-state index in [0.717, 1.165) is 25.8 Å². The van der Waals surface area contributed by atoms with E-state index in [1.54, 1.807) is 0 Å². The Morgan fingerprint density at radius 1 is 1.28 bits per heavy atom. The van der Waals surface area contributed by atoms with Crippen LogP contribution >= 0.6 is 0 Å². The molecule has 0 spiro atoms. The predicted molar refractivity (Wildman–Crippen MR) is 73.2 cm³/mol. The summed E-state index contributed by atoms with van der Waals surface area (Å²) >= 11 is 0. The molecule has 1 aromatic rings. The number of benzene rings is 1. The second kappa shape index (κ2) is 6.55. The summed E-state index contributed by atoms with van der Waals surface area (Å²) in [5.74, 6) is 0.258. The second-order valence-electron chi connectivity index (χ2n) is 4.96. The molecule has 98 valence electrons. The van der Waals surface area contributed by atoms with Crippen molar-refractivity contribution < 1.29 is 4.79 Å². The molecule has 3 nitrogen and oxygen atoms in total. The van der Waals surface area contributed by atoms with Gasteiger partial charge in [-0.05, 0) is 31.2 Å². The van der Waals surface area contributed by atoms with Crippen molar-refractivity contribution in [2.75, 3.05) is 13.1 Å². The fourth-order valence-corrected chi connectivity index (χ4v) is 2.61. The van der Waals surface area contributed by atoms with Crippen LogP contribution in [0.15, 0.2) is 30.3 Å². The molecule has 2 rings (SSSR count). The van der Waals surface area contributed by atoms with Crippen molar-refractivity contribution in [3.8, 4) is 0 Å². The van der Waals surface area contributed by atoms with Crippen LogP contribution in [0.2, 0.25) is 0 Å². The summed E-state index contributed by atoms with van der Waals surface area (Å²) in [6.45, 7) is 1.48. The van der Waals surface area contributed by atoms with Crippen molar-refractivity contribution >= 4 is 5.91 Å². The molecule has 18 heavy (non-hydrogen) atoms. The first-order valence-electron chi connectivity index (χ1n) is 6.84. The molecular weight excluding hydrogens is 224 g/mol. The number of hydrogen-bond acceptors (Lipinski definition) is 2. The average Bonchev–Trinajstić information content (AvgIpc) is 2.45. The highest BCUT2D eigenvalue weighted by Gasteiger charge is 2.24. The summed E-state index contributed by atoms with van der Waals surface area (Å²) in [7, 11) is 0. The highest BCUT2D eigenvalue weighted by atomic mass is 16.2. The molecule has 1 unspecified atom stereocenters. The lowest BCUT2D eigenvalue weighted by molar-refractivity contribution is -0.134. The zero-order valence-corrected chi connectivity index (χ0v) is 10.8. The van der Waals surface area contributed by atoms with Crippen LogP contribution in [0.1, 0.15) is 31.2 Å². The molecule has 1 saturated heterocycles. The number of aryl methyl sites for hydroxylation is 1. The van der Waals surface area contributed by atoms with E-state index in [9.17, 15) is 4.79 Å². The smallest absolute Gasteiger partial charge is 0.223 e. The van der Waals surface area contributed by atoms with E-state index in [1.165, 1.54) is 12.0 Å². The Bertz CT molecular complexity index is 377. The fraction of sp³-hybridized carbons (Fsp3) is 0.533. The van der Waals surface area contributed by atoms with E-state index in [2.05, 4.69) is 12.1 Å². The topological polar surface area (TPSA) is 46.3 Å². The quantitative estimate of drug-likeness (QED) is 0.882. The van der Waals surface area contributed by atoms with Crippen LogP contribution < -0.4 is 5.73 Å². The Morgan fingerprint density at radius 2 is 2.06 bits per heavy atom. The van der Waals surface area contributed by atoms with E-state index in [1.807, 2.05) is 23.1 Å². The van der Waals surface area contributed by atoms with Gasteiger partial charge in [0, 0.05) is 25.6 Å². The Morgan fingerprint density at radius 3 is 2.78 bits per heavy atom. The maximum absolute atomic E-state index is 12.2. The van der Waals surface area contributed by atoms with Crippen LogP contribution in [0, 0.1) is 0 Å². The van der Waals surface area contributed by atoms with E-state index in [-0.39, 0.29) is 11.9 Å². The van der Waals surface area contributed by atoms with Crippen LogP contribution in [0.5, 0.6) is 0 Å². The summed E-state index contributed by atoms with van der Waals surface area (Å²) in [4.78, 5) is 14.2. The standard InChI is InChI=1S/C15H22N2O/c16-12-14-8-4-5-11-17(14)15(18)10-9-13-6-2-1-3-7-13/h1-3,6-7,14H,4-5,8-12,16H2. The Hall–Kier alpha value is -1.35. The third-order valence-electron chi connectivity index (χ3n) is 3.69. The van der Waals surface area contributed by atoms with Gasteiger partial charge in [0.15, 0.2) is 0 Å². The van der Waals surface area contributed by atoms with Gasteiger partial charge in [-0.2, -0.15) is 0 Å². The van der Waals surface area contributed by atoms with Gasteiger partial charge in [-0.1, -0.05) is 30.3 Å². The van der Waals surface area contributed by atoms with E-state index >= 15 is 0 Å². The Kier molecular flexibility index (Phi) is 4.76. The van der Waals surface area contributed by atoms with Gasteiger partial charge in [0.1, 0.15) is 0 Å².